The molecule has 0 aliphatic heterocycles. The van der Waals surface area contributed by atoms with Gasteiger partial charge in [-0.15, -0.1) is 0 Å². The molecule has 0 spiro atoms. The Balaban J connectivity index is 0.919. The van der Waals surface area contributed by atoms with E-state index >= 15 is 0 Å². The summed E-state index contributed by atoms with van der Waals surface area (Å²) in [6.07, 6.45) is 4.05. The maximum atomic E-state index is 5.14. The molecule has 0 saturated heterocycles. The number of benzene rings is 8. The zero-order valence-corrected chi connectivity index (χ0v) is 35.6. The average Bonchev–Trinajstić information content (AvgIpc) is 3.87. The third kappa shape index (κ3) is 6.22. The Morgan fingerprint density at radius 1 is 0.312 bits per heavy atom. The van der Waals surface area contributed by atoms with Gasteiger partial charge in [0.1, 0.15) is 0 Å². The molecule has 0 atom stereocenters. The first-order valence-electron chi connectivity index (χ1n) is 21.9. The van der Waals surface area contributed by atoms with Gasteiger partial charge in [-0.2, -0.15) is 0 Å². The number of hydrogen-bond acceptors (Lipinski definition) is 2. The molecule has 0 amide bonds. The van der Waals surface area contributed by atoms with Crippen molar-refractivity contribution in [2.75, 3.05) is 0 Å². The number of rotatable bonds is 7. The van der Waals surface area contributed by atoms with Gasteiger partial charge in [-0.05, 0) is 132 Å². The van der Waals surface area contributed by atoms with Crippen molar-refractivity contribution < 1.29 is 0 Å². The highest BCUT2D eigenvalue weighted by Crippen LogP contribution is 2.40. The van der Waals surface area contributed by atoms with Gasteiger partial charge >= 0.3 is 0 Å². The summed E-state index contributed by atoms with van der Waals surface area (Å²) in [5.74, 6) is 0. The Morgan fingerprint density at radius 3 is 1.38 bits per heavy atom. The number of pyridine rings is 2. The summed E-state index contributed by atoms with van der Waals surface area (Å²) in [6, 6.07) is 74.0. The molecule has 8 aromatic carbocycles. The van der Waals surface area contributed by atoms with Crippen LogP contribution in [-0.2, 0) is 0 Å². The van der Waals surface area contributed by atoms with Gasteiger partial charge in [0.05, 0.1) is 33.5 Å². The maximum Gasteiger partial charge on any atom is 0.0702 e. The monoisotopic (exact) mass is 818 g/mol. The highest BCUT2D eigenvalue weighted by molar-refractivity contribution is 6.11. The van der Waals surface area contributed by atoms with E-state index in [0.717, 1.165) is 56.1 Å². The van der Waals surface area contributed by atoms with Crippen molar-refractivity contribution in [2.45, 2.75) is 13.8 Å². The SMILES string of the molecule is Cc1ccccc1-c1cc(-c2ccc(-c3ccc4c(c3)c3ccccc3n4-c3ccccc3)cn2)cc(-c2ccc(-c3ccc4c(c3)c3ccccc3n4-c3ccccc3)nc2)c1C. The van der Waals surface area contributed by atoms with Gasteiger partial charge in [0.15, 0.2) is 0 Å². The third-order valence-electron chi connectivity index (χ3n) is 13.0. The molecule has 64 heavy (non-hydrogen) atoms. The quantitative estimate of drug-likeness (QED) is 0.161. The van der Waals surface area contributed by atoms with Gasteiger partial charge < -0.3 is 9.13 Å². The van der Waals surface area contributed by atoms with Crippen LogP contribution in [0, 0.1) is 13.8 Å². The second kappa shape index (κ2) is 15.2. The molecule has 0 N–H and O–H groups in total. The highest BCUT2D eigenvalue weighted by Gasteiger charge is 2.18. The predicted molar refractivity (Wildman–Crippen MR) is 267 cm³/mol. The minimum Gasteiger partial charge on any atom is -0.309 e. The van der Waals surface area contributed by atoms with Crippen molar-refractivity contribution in [3.63, 3.8) is 0 Å². The average molecular weight is 819 g/mol. The molecule has 4 aromatic heterocycles. The van der Waals surface area contributed by atoms with Crippen LogP contribution in [0.15, 0.2) is 219 Å². The van der Waals surface area contributed by atoms with Crippen molar-refractivity contribution in [3.05, 3.63) is 230 Å². The van der Waals surface area contributed by atoms with Gasteiger partial charge in [0.25, 0.3) is 0 Å². The molecule has 0 unspecified atom stereocenters. The van der Waals surface area contributed by atoms with Gasteiger partial charge in [0.2, 0.25) is 0 Å². The van der Waals surface area contributed by atoms with E-state index in [1.807, 2.05) is 12.4 Å². The lowest BCUT2D eigenvalue weighted by Crippen LogP contribution is -1.95. The van der Waals surface area contributed by atoms with Crippen molar-refractivity contribution in [1.29, 1.82) is 0 Å². The van der Waals surface area contributed by atoms with E-state index in [-0.39, 0.29) is 0 Å². The smallest absolute Gasteiger partial charge is 0.0702 e. The van der Waals surface area contributed by atoms with E-state index in [9.17, 15) is 0 Å². The molecule has 0 fully saturated rings. The summed E-state index contributed by atoms with van der Waals surface area (Å²) in [4.78, 5) is 10.3. The van der Waals surface area contributed by atoms with E-state index in [4.69, 9.17) is 9.97 Å². The minimum atomic E-state index is 0.925. The Bertz CT molecular complexity index is 3710. The zero-order chi connectivity index (χ0) is 42.7. The fourth-order valence-electron chi connectivity index (χ4n) is 9.77. The summed E-state index contributed by atoms with van der Waals surface area (Å²) in [7, 11) is 0. The molecule has 12 rings (SSSR count). The van der Waals surface area contributed by atoms with Crippen LogP contribution in [-0.4, -0.2) is 19.1 Å². The normalized spacial score (nSPS) is 11.6. The fraction of sp³-hybridized carbons (Fsp3) is 0.0333. The Morgan fingerprint density at radius 2 is 0.781 bits per heavy atom. The summed E-state index contributed by atoms with van der Waals surface area (Å²) in [5.41, 5.74) is 20.4. The maximum absolute atomic E-state index is 5.14. The first-order chi connectivity index (χ1) is 31.6. The highest BCUT2D eigenvalue weighted by atomic mass is 15.0. The minimum absolute atomic E-state index is 0.925. The van der Waals surface area contributed by atoms with Gasteiger partial charge in [-0.1, -0.05) is 121 Å². The van der Waals surface area contributed by atoms with Crippen LogP contribution < -0.4 is 0 Å². The number of aromatic nitrogens is 4. The molecular weight excluding hydrogens is 777 g/mol. The third-order valence-corrected chi connectivity index (χ3v) is 13.0. The predicted octanol–water partition coefficient (Wildman–Crippen LogP) is 15.6. The van der Waals surface area contributed by atoms with Crippen LogP contribution in [0.2, 0.25) is 0 Å². The molecule has 4 heteroatoms. The lowest BCUT2D eigenvalue weighted by Gasteiger charge is -2.17. The summed E-state index contributed by atoms with van der Waals surface area (Å²) >= 11 is 0. The van der Waals surface area contributed by atoms with Gasteiger partial charge in [-0.3, -0.25) is 9.97 Å². The molecule has 0 saturated carbocycles. The van der Waals surface area contributed by atoms with E-state index < -0.39 is 0 Å². The topological polar surface area (TPSA) is 35.6 Å². The lowest BCUT2D eigenvalue weighted by atomic mass is 9.88. The lowest BCUT2D eigenvalue weighted by molar-refractivity contribution is 1.18. The Hall–Kier alpha value is -8.34. The fourth-order valence-corrected chi connectivity index (χ4v) is 9.77. The standard InChI is InChI=1S/C60H42N4/c1-39-15-9-10-20-48(39)52-36-45(56-29-25-43(37-61-56)41-27-31-59-53(33-41)49-21-11-13-23-57(49)63(59)46-16-5-3-6-17-46)35-51(40(52)2)44-26-30-55(62-38-44)42-28-32-60-54(34-42)50-22-12-14-24-58(50)64(60)47-18-7-4-8-19-47/h3-38H,1-2H3. The second-order valence-electron chi connectivity index (χ2n) is 16.7. The van der Waals surface area contributed by atoms with Crippen LogP contribution in [0.25, 0.3) is 111 Å². The Kier molecular flexibility index (Phi) is 8.91. The number of hydrogen-bond donors (Lipinski definition) is 0. The molecule has 302 valence electrons. The summed E-state index contributed by atoms with van der Waals surface area (Å²) < 4.78 is 4.70. The molecular formula is C60H42N4. The number of fused-ring (bicyclic) bond motifs is 6. The van der Waals surface area contributed by atoms with Crippen LogP contribution in [0.1, 0.15) is 11.1 Å². The van der Waals surface area contributed by atoms with Crippen LogP contribution in [0.3, 0.4) is 0 Å². The molecule has 4 nitrogen and oxygen atoms in total. The first-order valence-corrected chi connectivity index (χ1v) is 21.9. The Labute approximate surface area is 372 Å². The summed E-state index contributed by atoms with van der Waals surface area (Å²) in [5, 5.41) is 4.90. The van der Waals surface area contributed by atoms with Crippen molar-refractivity contribution in [2.24, 2.45) is 0 Å². The van der Waals surface area contributed by atoms with Crippen molar-refractivity contribution >= 4 is 43.6 Å². The van der Waals surface area contributed by atoms with Crippen molar-refractivity contribution in [1.82, 2.24) is 19.1 Å². The van der Waals surface area contributed by atoms with E-state index in [0.29, 0.717) is 0 Å². The van der Waals surface area contributed by atoms with Crippen molar-refractivity contribution in [3.8, 4) is 67.3 Å². The second-order valence-corrected chi connectivity index (χ2v) is 16.7. The zero-order valence-electron chi connectivity index (χ0n) is 35.6. The van der Waals surface area contributed by atoms with Crippen LogP contribution >= 0.6 is 0 Å². The van der Waals surface area contributed by atoms with E-state index in [2.05, 4.69) is 229 Å². The molecule has 12 aromatic rings. The molecule has 0 aliphatic rings. The molecule has 4 heterocycles. The van der Waals surface area contributed by atoms with E-state index in [1.54, 1.807) is 0 Å². The van der Waals surface area contributed by atoms with Crippen LogP contribution in [0.5, 0.6) is 0 Å². The number of para-hydroxylation sites is 4. The molecule has 0 aliphatic carbocycles. The number of aryl methyl sites for hydroxylation is 1. The molecule has 0 bridgehead atoms. The summed E-state index contributed by atoms with van der Waals surface area (Å²) in [6.45, 7) is 4.42. The largest absolute Gasteiger partial charge is 0.309 e. The van der Waals surface area contributed by atoms with Gasteiger partial charge in [-0.25, -0.2) is 0 Å². The van der Waals surface area contributed by atoms with Gasteiger partial charge in [0, 0.05) is 67.6 Å². The van der Waals surface area contributed by atoms with E-state index in [1.165, 1.54) is 65.9 Å². The first kappa shape index (κ1) is 37.4. The van der Waals surface area contributed by atoms with Crippen LogP contribution in [0.4, 0.5) is 0 Å². The number of nitrogens with zero attached hydrogens (tertiary/aromatic N) is 4. The molecule has 0 radical (unpaired) electrons.